The number of aromatic nitrogens is 1. The summed E-state index contributed by atoms with van der Waals surface area (Å²) < 4.78 is 5.15. The van der Waals surface area contributed by atoms with E-state index in [1.54, 1.807) is 23.2 Å². The van der Waals surface area contributed by atoms with E-state index in [0.717, 1.165) is 18.4 Å². The first kappa shape index (κ1) is 15.3. The molecular formula is C17H19N3O3. The van der Waals surface area contributed by atoms with Gasteiger partial charge in [-0.25, -0.2) is 4.98 Å². The van der Waals surface area contributed by atoms with E-state index in [2.05, 4.69) is 10.3 Å². The molecule has 3 heterocycles. The number of rotatable bonds is 3. The first-order chi connectivity index (χ1) is 11.1. The van der Waals surface area contributed by atoms with E-state index in [4.69, 9.17) is 4.42 Å². The van der Waals surface area contributed by atoms with Gasteiger partial charge in [-0.2, -0.15) is 0 Å². The van der Waals surface area contributed by atoms with Crippen LogP contribution in [-0.4, -0.2) is 34.8 Å². The van der Waals surface area contributed by atoms with Gasteiger partial charge < -0.3 is 14.6 Å². The number of nitrogens with one attached hydrogen (secondary N) is 1. The maximum absolute atomic E-state index is 12.5. The van der Waals surface area contributed by atoms with Crippen LogP contribution in [0.3, 0.4) is 0 Å². The summed E-state index contributed by atoms with van der Waals surface area (Å²) in [6.45, 7) is 2.94. The van der Waals surface area contributed by atoms with E-state index in [-0.39, 0.29) is 17.7 Å². The number of carbonyl (C=O) groups excluding carboxylic acids is 2. The van der Waals surface area contributed by atoms with Gasteiger partial charge >= 0.3 is 0 Å². The highest BCUT2D eigenvalue weighted by Crippen LogP contribution is 2.21. The number of hydrogen-bond acceptors (Lipinski definition) is 4. The number of pyridine rings is 1. The molecule has 0 spiro atoms. The van der Waals surface area contributed by atoms with Crippen LogP contribution in [0.5, 0.6) is 0 Å². The zero-order valence-electron chi connectivity index (χ0n) is 13.0. The van der Waals surface area contributed by atoms with Crippen molar-refractivity contribution in [1.29, 1.82) is 0 Å². The van der Waals surface area contributed by atoms with E-state index in [0.29, 0.717) is 24.7 Å². The number of nitrogens with zero attached hydrogens (tertiary/aromatic N) is 2. The fourth-order valence-corrected chi connectivity index (χ4v) is 2.77. The lowest BCUT2D eigenvalue weighted by molar-refractivity contribution is -0.121. The van der Waals surface area contributed by atoms with E-state index in [9.17, 15) is 9.59 Å². The summed E-state index contributed by atoms with van der Waals surface area (Å²) >= 11 is 0. The number of hydrogen-bond donors (Lipinski definition) is 1. The second-order valence-electron chi connectivity index (χ2n) is 5.73. The van der Waals surface area contributed by atoms with Crippen molar-refractivity contribution < 1.29 is 14.0 Å². The summed E-state index contributed by atoms with van der Waals surface area (Å²) in [6.07, 6.45) is 4.69. The van der Waals surface area contributed by atoms with Gasteiger partial charge in [0.25, 0.3) is 5.91 Å². The Labute approximate surface area is 134 Å². The quantitative estimate of drug-likeness (QED) is 0.944. The molecular weight excluding hydrogens is 294 g/mol. The van der Waals surface area contributed by atoms with Crippen LogP contribution in [0.25, 0.3) is 0 Å². The second-order valence-corrected chi connectivity index (χ2v) is 5.73. The molecule has 0 aliphatic carbocycles. The molecule has 2 aromatic rings. The van der Waals surface area contributed by atoms with Gasteiger partial charge in [-0.05, 0) is 43.5 Å². The Morgan fingerprint density at radius 1 is 1.35 bits per heavy atom. The lowest BCUT2D eigenvalue weighted by Gasteiger charge is -2.31. The monoisotopic (exact) mass is 313 g/mol. The third-order valence-corrected chi connectivity index (χ3v) is 4.06. The van der Waals surface area contributed by atoms with Crippen molar-refractivity contribution in [3.05, 3.63) is 48.0 Å². The Hall–Kier alpha value is -2.63. The van der Waals surface area contributed by atoms with Crippen LogP contribution in [0, 0.1) is 12.8 Å². The minimum Gasteiger partial charge on any atom is -0.459 e. The minimum atomic E-state index is -0.232. The molecule has 3 rings (SSSR count). The summed E-state index contributed by atoms with van der Waals surface area (Å²) in [6, 6.07) is 7.06. The first-order valence-electron chi connectivity index (χ1n) is 7.70. The lowest BCUT2D eigenvalue weighted by Crippen LogP contribution is -2.43. The molecule has 1 N–H and O–H groups in total. The standard InChI is InChI=1S/C17H19N3O3/c1-12-5-2-8-18-15(12)19-16(21)13-6-3-9-20(11-13)17(22)14-7-4-10-23-14/h2,4-5,7-8,10,13H,3,6,9,11H2,1H3,(H,18,19,21). The highest BCUT2D eigenvalue weighted by Gasteiger charge is 2.30. The Balaban J connectivity index is 1.65. The summed E-state index contributed by atoms with van der Waals surface area (Å²) in [4.78, 5) is 30.7. The van der Waals surface area contributed by atoms with Crippen molar-refractivity contribution in [3.63, 3.8) is 0 Å². The van der Waals surface area contributed by atoms with E-state index in [1.807, 2.05) is 19.1 Å². The summed E-state index contributed by atoms with van der Waals surface area (Å²) in [7, 11) is 0. The number of carbonyl (C=O) groups is 2. The fraction of sp³-hybridized carbons (Fsp3) is 0.353. The second kappa shape index (κ2) is 6.64. The molecule has 1 fully saturated rings. The molecule has 120 valence electrons. The van der Waals surface area contributed by atoms with E-state index >= 15 is 0 Å². The van der Waals surface area contributed by atoms with Crippen LogP contribution >= 0.6 is 0 Å². The third-order valence-electron chi connectivity index (χ3n) is 4.06. The van der Waals surface area contributed by atoms with Crippen molar-refractivity contribution in [3.8, 4) is 0 Å². The van der Waals surface area contributed by atoms with E-state index < -0.39 is 0 Å². The van der Waals surface area contributed by atoms with Crippen LogP contribution in [0.4, 0.5) is 5.82 Å². The third kappa shape index (κ3) is 3.41. The zero-order valence-corrected chi connectivity index (χ0v) is 13.0. The highest BCUT2D eigenvalue weighted by molar-refractivity contribution is 5.94. The molecule has 6 heteroatoms. The average molecular weight is 313 g/mol. The maximum Gasteiger partial charge on any atom is 0.289 e. The normalized spacial score (nSPS) is 17.8. The van der Waals surface area contributed by atoms with Gasteiger partial charge in [0.1, 0.15) is 5.82 Å². The van der Waals surface area contributed by atoms with Crippen molar-refractivity contribution in [2.45, 2.75) is 19.8 Å². The number of furan rings is 1. The number of piperidine rings is 1. The minimum absolute atomic E-state index is 0.0938. The van der Waals surface area contributed by atoms with Crippen LogP contribution in [-0.2, 0) is 4.79 Å². The lowest BCUT2D eigenvalue weighted by atomic mass is 9.97. The zero-order chi connectivity index (χ0) is 16.2. The number of aryl methyl sites for hydroxylation is 1. The molecule has 0 saturated carbocycles. The average Bonchev–Trinajstić information content (AvgIpc) is 3.11. The Bertz CT molecular complexity index is 697. The molecule has 1 saturated heterocycles. The maximum atomic E-state index is 12.5. The van der Waals surface area contributed by atoms with Gasteiger partial charge in [-0.15, -0.1) is 0 Å². The summed E-state index contributed by atoms with van der Waals surface area (Å²) in [5.74, 6) is 0.396. The Morgan fingerprint density at radius 3 is 2.96 bits per heavy atom. The van der Waals surface area contributed by atoms with Crippen LogP contribution < -0.4 is 5.32 Å². The molecule has 6 nitrogen and oxygen atoms in total. The molecule has 0 radical (unpaired) electrons. The summed E-state index contributed by atoms with van der Waals surface area (Å²) in [5, 5.41) is 2.86. The molecule has 1 atom stereocenters. The molecule has 23 heavy (non-hydrogen) atoms. The molecule has 2 amide bonds. The van der Waals surface area contributed by atoms with Crippen molar-refractivity contribution in [1.82, 2.24) is 9.88 Å². The molecule has 1 aliphatic heterocycles. The smallest absolute Gasteiger partial charge is 0.289 e. The SMILES string of the molecule is Cc1cccnc1NC(=O)C1CCCN(C(=O)c2ccco2)C1. The Morgan fingerprint density at radius 2 is 2.22 bits per heavy atom. The van der Waals surface area contributed by atoms with Crippen LogP contribution in [0.2, 0.25) is 0 Å². The van der Waals surface area contributed by atoms with Gasteiger partial charge in [0, 0.05) is 19.3 Å². The first-order valence-corrected chi connectivity index (χ1v) is 7.70. The number of amides is 2. The van der Waals surface area contributed by atoms with Crippen molar-refractivity contribution in [2.24, 2.45) is 5.92 Å². The Kier molecular flexibility index (Phi) is 4.41. The highest BCUT2D eigenvalue weighted by atomic mass is 16.3. The van der Waals surface area contributed by atoms with Crippen LogP contribution in [0.1, 0.15) is 29.0 Å². The van der Waals surface area contributed by atoms with Gasteiger partial charge in [-0.1, -0.05) is 6.07 Å². The number of anilines is 1. The van der Waals surface area contributed by atoms with Gasteiger partial charge in [0.05, 0.1) is 12.2 Å². The van der Waals surface area contributed by atoms with Crippen LogP contribution in [0.15, 0.2) is 41.1 Å². The fourth-order valence-electron chi connectivity index (χ4n) is 2.77. The van der Waals surface area contributed by atoms with Gasteiger partial charge in [0.2, 0.25) is 5.91 Å². The number of likely N-dealkylation sites (tertiary alicyclic amines) is 1. The molecule has 2 aromatic heterocycles. The molecule has 0 bridgehead atoms. The molecule has 1 unspecified atom stereocenters. The van der Waals surface area contributed by atoms with Gasteiger partial charge in [0.15, 0.2) is 5.76 Å². The van der Waals surface area contributed by atoms with Crippen molar-refractivity contribution in [2.75, 3.05) is 18.4 Å². The topological polar surface area (TPSA) is 75.4 Å². The van der Waals surface area contributed by atoms with Crippen molar-refractivity contribution >= 4 is 17.6 Å². The predicted molar refractivity (Wildman–Crippen MR) is 84.9 cm³/mol. The molecule has 0 aromatic carbocycles. The van der Waals surface area contributed by atoms with Gasteiger partial charge in [-0.3, -0.25) is 9.59 Å². The largest absolute Gasteiger partial charge is 0.459 e. The summed E-state index contributed by atoms with van der Waals surface area (Å²) in [5.41, 5.74) is 0.917. The van der Waals surface area contributed by atoms with E-state index in [1.165, 1.54) is 6.26 Å². The molecule has 1 aliphatic rings. The predicted octanol–water partition coefficient (Wildman–Crippen LogP) is 2.47.